The van der Waals surface area contributed by atoms with Crippen molar-refractivity contribution >= 4 is 11.5 Å². The summed E-state index contributed by atoms with van der Waals surface area (Å²) in [6.07, 6.45) is 0.227. The van der Waals surface area contributed by atoms with Crippen molar-refractivity contribution in [2.24, 2.45) is 0 Å². The van der Waals surface area contributed by atoms with E-state index in [0.29, 0.717) is 0 Å². The molecule has 0 aliphatic carbocycles. The van der Waals surface area contributed by atoms with Gasteiger partial charge in [-0.1, -0.05) is 6.92 Å². The minimum absolute atomic E-state index is 0.0778. The van der Waals surface area contributed by atoms with Crippen LogP contribution in [0, 0.1) is 10.1 Å². The topological polar surface area (TPSA) is 89.7 Å². The Bertz CT molecular complexity index is 441. The lowest BCUT2D eigenvalue weighted by molar-refractivity contribution is -0.386. The first-order valence-electron chi connectivity index (χ1n) is 4.59. The van der Waals surface area contributed by atoms with Crippen LogP contribution in [-0.2, 0) is 0 Å². The molecule has 0 aliphatic heterocycles. The van der Waals surface area contributed by atoms with Gasteiger partial charge in [0.2, 0.25) is 5.75 Å². The molecule has 0 aromatic heterocycles. The average Bonchev–Trinajstić information content (AvgIpc) is 2.27. The van der Waals surface area contributed by atoms with Crippen molar-refractivity contribution in [3.05, 3.63) is 27.8 Å². The molecule has 16 heavy (non-hydrogen) atoms. The van der Waals surface area contributed by atoms with Gasteiger partial charge in [-0.25, -0.2) is 0 Å². The molecule has 0 amide bonds. The summed E-state index contributed by atoms with van der Waals surface area (Å²) in [5.74, 6) is -0.896. The van der Waals surface area contributed by atoms with E-state index in [-0.39, 0.29) is 23.5 Å². The molecule has 0 fully saturated rings. The number of ether oxygens (including phenoxy) is 1. The summed E-state index contributed by atoms with van der Waals surface area (Å²) < 4.78 is 4.76. The number of hydrogen-bond donors (Lipinski definition) is 1. The predicted octanol–water partition coefficient (Wildman–Crippen LogP) is 1.90. The number of hydrogen-bond acceptors (Lipinski definition) is 5. The largest absolute Gasteiger partial charge is 0.500 e. The minimum Gasteiger partial charge on any atom is -0.500 e. The van der Waals surface area contributed by atoms with Crippen LogP contribution in [0.25, 0.3) is 0 Å². The number of Topliss-reactive ketones (excluding diaryl/α,β-unsaturated/α-hetero) is 1. The van der Waals surface area contributed by atoms with Crippen molar-refractivity contribution in [3.8, 4) is 11.5 Å². The molecule has 0 spiro atoms. The molecule has 0 aliphatic rings. The molecular formula is C10H11NO5. The van der Waals surface area contributed by atoms with Gasteiger partial charge >= 0.3 is 5.69 Å². The number of carbonyl (C=O) groups excluding carboxylic acids is 1. The molecule has 1 aromatic rings. The predicted molar refractivity (Wildman–Crippen MR) is 55.9 cm³/mol. The first-order valence-corrected chi connectivity index (χ1v) is 4.59. The van der Waals surface area contributed by atoms with Gasteiger partial charge in [0, 0.05) is 18.1 Å². The molecule has 1 rings (SSSR count). The third-order valence-corrected chi connectivity index (χ3v) is 2.11. The molecule has 0 saturated heterocycles. The van der Waals surface area contributed by atoms with Gasteiger partial charge in [-0.15, -0.1) is 0 Å². The van der Waals surface area contributed by atoms with E-state index in [4.69, 9.17) is 4.74 Å². The molecule has 0 atom stereocenters. The quantitative estimate of drug-likeness (QED) is 0.480. The van der Waals surface area contributed by atoms with Crippen LogP contribution in [0.3, 0.4) is 0 Å². The average molecular weight is 225 g/mol. The lowest BCUT2D eigenvalue weighted by Crippen LogP contribution is -2.00. The van der Waals surface area contributed by atoms with Gasteiger partial charge in [0.25, 0.3) is 0 Å². The van der Waals surface area contributed by atoms with Gasteiger partial charge in [0.15, 0.2) is 11.5 Å². The molecule has 1 N–H and O–H groups in total. The molecule has 86 valence electrons. The van der Waals surface area contributed by atoms with Crippen molar-refractivity contribution < 1.29 is 19.6 Å². The highest BCUT2D eigenvalue weighted by Crippen LogP contribution is 2.37. The second kappa shape index (κ2) is 4.61. The second-order valence-corrected chi connectivity index (χ2v) is 3.08. The number of nitro groups is 1. The maximum absolute atomic E-state index is 11.4. The van der Waals surface area contributed by atoms with Crippen molar-refractivity contribution in [1.82, 2.24) is 0 Å². The lowest BCUT2D eigenvalue weighted by Gasteiger charge is -2.06. The van der Waals surface area contributed by atoms with Crippen molar-refractivity contribution in [3.63, 3.8) is 0 Å². The SMILES string of the molecule is CCC(=O)c1cc(OC)c(O)c([N+](=O)[O-])c1. The Balaban J connectivity index is 3.40. The highest BCUT2D eigenvalue weighted by atomic mass is 16.6. The van der Waals surface area contributed by atoms with E-state index in [9.17, 15) is 20.0 Å². The summed E-state index contributed by atoms with van der Waals surface area (Å²) in [6, 6.07) is 2.33. The van der Waals surface area contributed by atoms with Crippen LogP contribution < -0.4 is 4.74 Å². The molecule has 0 bridgehead atoms. The molecule has 1 aromatic carbocycles. The Labute approximate surface area is 91.6 Å². The first-order chi connectivity index (χ1) is 7.51. The number of rotatable bonds is 4. The zero-order valence-corrected chi connectivity index (χ0v) is 8.89. The van der Waals surface area contributed by atoms with Crippen LogP contribution in [0.2, 0.25) is 0 Å². The van der Waals surface area contributed by atoms with Crippen LogP contribution in [0.1, 0.15) is 23.7 Å². The van der Waals surface area contributed by atoms with Crippen molar-refractivity contribution in [2.75, 3.05) is 7.11 Å². The van der Waals surface area contributed by atoms with E-state index in [0.717, 1.165) is 6.07 Å². The maximum Gasteiger partial charge on any atom is 0.315 e. The van der Waals surface area contributed by atoms with E-state index in [2.05, 4.69) is 0 Å². The second-order valence-electron chi connectivity index (χ2n) is 3.08. The van der Waals surface area contributed by atoms with Gasteiger partial charge in [0.05, 0.1) is 12.0 Å². The van der Waals surface area contributed by atoms with E-state index in [1.54, 1.807) is 6.92 Å². The fraction of sp³-hybridized carbons (Fsp3) is 0.300. The highest BCUT2D eigenvalue weighted by Gasteiger charge is 2.21. The number of nitrogens with zero attached hydrogens (tertiary/aromatic N) is 1. The zero-order valence-electron chi connectivity index (χ0n) is 8.89. The Morgan fingerprint density at radius 2 is 2.19 bits per heavy atom. The Morgan fingerprint density at radius 3 is 2.62 bits per heavy atom. The molecule has 0 heterocycles. The number of aromatic hydroxyl groups is 1. The zero-order chi connectivity index (χ0) is 12.3. The summed E-state index contributed by atoms with van der Waals surface area (Å²) in [5.41, 5.74) is -0.375. The van der Waals surface area contributed by atoms with Crippen LogP contribution in [0.5, 0.6) is 11.5 Å². The summed E-state index contributed by atoms with van der Waals surface area (Å²) in [5, 5.41) is 20.1. The number of carbonyl (C=O) groups is 1. The Hall–Kier alpha value is -2.11. The lowest BCUT2D eigenvalue weighted by atomic mass is 10.1. The number of methoxy groups -OCH3 is 1. The monoisotopic (exact) mass is 225 g/mol. The summed E-state index contributed by atoms with van der Waals surface area (Å²) in [7, 11) is 1.26. The van der Waals surface area contributed by atoms with Gasteiger partial charge in [-0.3, -0.25) is 14.9 Å². The fourth-order valence-electron chi connectivity index (χ4n) is 1.25. The van der Waals surface area contributed by atoms with Gasteiger partial charge < -0.3 is 9.84 Å². The number of phenols is 1. The minimum atomic E-state index is -0.760. The fourth-order valence-corrected chi connectivity index (χ4v) is 1.25. The number of benzene rings is 1. The molecule has 0 saturated carbocycles. The maximum atomic E-state index is 11.4. The van der Waals surface area contributed by atoms with E-state index in [1.807, 2.05) is 0 Å². The standard InChI is InChI=1S/C10H11NO5/c1-3-8(12)6-4-7(11(14)15)10(13)9(5-6)16-2/h4-5,13H,3H2,1-2H3. The van der Waals surface area contributed by atoms with E-state index < -0.39 is 16.4 Å². The normalized spacial score (nSPS) is 9.88. The molecule has 0 radical (unpaired) electrons. The third kappa shape index (κ3) is 2.10. The molecular weight excluding hydrogens is 214 g/mol. The van der Waals surface area contributed by atoms with Gasteiger partial charge in [-0.05, 0) is 6.07 Å². The summed E-state index contributed by atoms with van der Waals surface area (Å²) in [6.45, 7) is 1.65. The smallest absolute Gasteiger partial charge is 0.315 e. The summed E-state index contributed by atoms with van der Waals surface area (Å²) in [4.78, 5) is 21.3. The first kappa shape index (κ1) is 12.0. The van der Waals surface area contributed by atoms with Crippen molar-refractivity contribution in [1.29, 1.82) is 0 Å². The Kier molecular flexibility index (Phi) is 3.44. The third-order valence-electron chi connectivity index (χ3n) is 2.11. The number of phenolic OH excluding ortho intramolecular Hbond substituents is 1. The van der Waals surface area contributed by atoms with Crippen LogP contribution >= 0.6 is 0 Å². The molecule has 6 heteroatoms. The highest BCUT2D eigenvalue weighted by molar-refractivity contribution is 5.97. The Morgan fingerprint density at radius 1 is 1.56 bits per heavy atom. The summed E-state index contributed by atoms with van der Waals surface area (Å²) >= 11 is 0. The van der Waals surface area contributed by atoms with Crippen LogP contribution in [0.15, 0.2) is 12.1 Å². The van der Waals surface area contributed by atoms with Crippen molar-refractivity contribution in [2.45, 2.75) is 13.3 Å². The number of nitro benzene ring substituents is 1. The van der Waals surface area contributed by atoms with Crippen LogP contribution in [-0.4, -0.2) is 22.9 Å². The van der Waals surface area contributed by atoms with Gasteiger partial charge in [-0.2, -0.15) is 0 Å². The molecule has 6 nitrogen and oxygen atoms in total. The van der Waals surface area contributed by atoms with Crippen LogP contribution in [0.4, 0.5) is 5.69 Å². The number of ketones is 1. The van der Waals surface area contributed by atoms with E-state index >= 15 is 0 Å². The van der Waals surface area contributed by atoms with E-state index in [1.165, 1.54) is 13.2 Å². The van der Waals surface area contributed by atoms with Gasteiger partial charge in [0.1, 0.15) is 0 Å². The molecule has 0 unspecified atom stereocenters.